The summed E-state index contributed by atoms with van der Waals surface area (Å²) in [4.78, 5) is 12.8. The Bertz CT molecular complexity index is 823. The molecule has 0 bridgehead atoms. The fraction of sp³-hybridized carbons (Fsp3) is 0.409. The standard InChI is InChI=1S/C22H28N2O3.ClH/c1-14(2)13-27-20-10-7-16(12-21(20)26-3)22(25)24-19-6-4-5-15-11-17(23)8-9-18(15)19;/h7-12,14,19H,4-6,13,23H2,1-3H3,(H,24,25);1H. The molecule has 0 aromatic heterocycles. The number of anilines is 1. The van der Waals surface area contributed by atoms with Gasteiger partial charge in [-0.25, -0.2) is 0 Å². The number of rotatable bonds is 6. The predicted molar refractivity (Wildman–Crippen MR) is 115 cm³/mol. The molecule has 6 heteroatoms. The lowest BCUT2D eigenvalue weighted by atomic mass is 9.87. The van der Waals surface area contributed by atoms with Crippen LogP contribution < -0.4 is 20.5 Å². The molecule has 1 aliphatic carbocycles. The molecule has 2 aromatic rings. The molecule has 3 N–H and O–H groups in total. The van der Waals surface area contributed by atoms with Crippen molar-refractivity contribution < 1.29 is 14.3 Å². The van der Waals surface area contributed by atoms with Crippen LogP contribution in [0, 0.1) is 5.92 Å². The lowest BCUT2D eigenvalue weighted by Crippen LogP contribution is -2.31. The number of carbonyl (C=O) groups excluding carboxylic acids is 1. The first-order chi connectivity index (χ1) is 13.0. The minimum absolute atomic E-state index is 0. The van der Waals surface area contributed by atoms with E-state index in [9.17, 15) is 4.79 Å². The van der Waals surface area contributed by atoms with Crippen molar-refractivity contribution in [1.29, 1.82) is 0 Å². The summed E-state index contributed by atoms with van der Waals surface area (Å²) < 4.78 is 11.2. The maximum atomic E-state index is 12.8. The highest BCUT2D eigenvalue weighted by Crippen LogP contribution is 2.32. The first kappa shape index (κ1) is 21.9. The van der Waals surface area contributed by atoms with Gasteiger partial charge < -0.3 is 20.5 Å². The zero-order valence-corrected chi connectivity index (χ0v) is 17.5. The number of hydrogen-bond donors (Lipinski definition) is 2. The molecular weight excluding hydrogens is 376 g/mol. The van der Waals surface area contributed by atoms with Crippen LogP contribution >= 0.6 is 12.4 Å². The Morgan fingerprint density at radius 2 is 2.00 bits per heavy atom. The smallest absolute Gasteiger partial charge is 0.251 e. The fourth-order valence-corrected chi connectivity index (χ4v) is 3.41. The Labute approximate surface area is 173 Å². The van der Waals surface area contributed by atoms with E-state index in [1.807, 2.05) is 18.2 Å². The number of nitrogens with one attached hydrogen (secondary N) is 1. The van der Waals surface area contributed by atoms with Gasteiger partial charge in [-0.15, -0.1) is 12.4 Å². The molecule has 0 radical (unpaired) electrons. The normalized spacial score (nSPS) is 15.4. The molecule has 28 heavy (non-hydrogen) atoms. The van der Waals surface area contributed by atoms with Gasteiger partial charge >= 0.3 is 0 Å². The molecule has 3 rings (SSSR count). The molecule has 0 fully saturated rings. The van der Waals surface area contributed by atoms with Crippen molar-refractivity contribution in [3.8, 4) is 11.5 Å². The number of hydrogen-bond acceptors (Lipinski definition) is 4. The first-order valence-corrected chi connectivity index (χ1v) is 9.48. The van der Waals surface area contributed by atoms with Gasteiger partial charge in [0, 0.05) is 11.3 Å². The van der Waals surface area contributed by atoms with E-state index in [4.69, 9.17) is 15.2 Å². The first-order valence-electron chi connectivity index (χ1n) is 9.48. The number of methoxy groups -OCH3 is 1. The molecule has 152 valence electrons. The van der Waals surface area contributed by atoms with E-state index in [1.165, 1.54) is 5.56 Å². The van der Waals surface area contributed by atoms with Crippen molar-refractivity contribution in [3.05, 3.63) is 53.1 Å². The number of benzene rings is 2. The highest BCUT2D eigenvalue weighted by molar-refractivity contribution is 5.95. The number of fused-ring (bicyclic) bond motifs is 1. The molecular formula is C22H29ClN2O3. The number of carbonyl (C=O) groups is 1. The van der Waals surface area contributed by atoms with E-state index in [1.54, 1.807) is 25.3 Å². The highest BCUT2D eigenvalue weighted by Gasteiger charge is 2.23. The van der Waals surface area contributed by atoms with Crippen molar-refractivity contribution in [3.63, 3.8) is 0 Å². The van der Waals surface area contributed by atoms with E-state index < -0.39 is 0 Å². The zero-order chi connectivity index (χ0) is 19.4. The average molecular weight is 405 g/mol. The lowest BCUT2D eigenvalue weighted by Gasteiger charge is -2.27. The summed E-state index contributed by atoms with van der Waals surface area (Å²) in [6, 6.07) is 11.2. The van der Waals surface area contributed by atoms with Crippen LogP contribution in [0.4, 0.5) is 5.69 Å². The number of ether oxygens (including phenoxy) is 2. The molecule has 1 unspecified atom stereocenters. The fourth-order valence-electron chi connectivity index (χ4n) is 3.41. The van der Waals surface area contributed by atoms with E-state index in [2.05, 4.69) is 19.2 Å². The van der Waals surface area contributed by atoms with Crippen LogP contribution in [0.1, 0.15) is 54.2 Å². The minimum atomic E-state index is -0.113. The van der Waals surface area contributed by atoms with Gasteiger partial charge in [0.2, 0.25) is 0 Å². The summed E-state index contributed by atoms with van der Waals surface area (Å²) in [5.74, 6) is 1.53. The molecule has 0 aliphatic heterocycles. The minimum Gasteiger partial charge on any atom is -0.493 e. The largest absolute Gasteiger partial charge is 0.493 e. The second kappa shape index (κ2) is 9.69. The van der Waals surface area contributed by atoms with Crippen molar-refractivity contribution in [1.82, 2.24) is 5.32 Å². The lowest BCUT2D eigenvalue weighted by molar-refractivity contribution is 0.0932. The van der Waals surface area contributed by atoms with Gasteiger partial charge in [-0.1, -0.05) is 19.9 Å². The summed E-state index contributed by atoms with van der Waals surface area (Å²) in [7, 11) is 1.58. The van der Waals surface area contributed by atoms with Crippen molar-refractivity contribution in [2.45, 2.75) is 39.2 Å². The average Bonchev–Trinajstić information content (AvgIpc) is 2.66. The number of nitrogens with two attached hydrogens (primary N) is 1. The van der Waals surface area contributed by atoms with Gasteiger partial charge in [-0.3, -0.25) is 4.79 Å². The summed E-state index contributed by atoms with van der Waals surface area (Å²) >= 11 is 0. The molecule has 0 heterocycles. The molecule has 2 aromatic carbocycles. The van der Waals surface area contributed by atoms with Crippen molar-refractivity contribution in [2.24, 2.45) is 5.92 Å². The Hall–Kier alpha value is -2.40. The molecule has 1 atom stereocenters. The van der Waals surface area contributed by atoms with Gasteiger partial charge in [0.25, 0.3) is 5.91 Å². The van der Waals surface area contributed by atoms with Crippen LogP contribution in [0.3, 0.4) is 0 Å². The summed E-state index contributed by atoms with van der Waals surface area (Å²) in [6.45, 7) is 4.78. The van der Waals surface area contributed by atoms with E-state index >= 15 is 0 Å². The molecule has 0 saturated heterocycles. The van der Waals surface area contributed by atoms with Crippen LogP contribution in [0.25, 0.3) is 0 Å². The second-order valence-electron chi connectivity index (χ2n) is 7.45. The van der Waals surface area contributed by atoms with Gasteiger partial charge in [-0.2, -0.15) is 0 Å². The van der Waals surface area contributed by atoms with Crippen molar-refractivity contribution in [2.75, 3.05) is 19.5 Å². The predicted octanol–water partition coefficient (Wildman–Crippen LogP) is 4.54. The molecule has 1 aliphatic rings. The molecule has 5 nitrogen and oxygen atoms in total. The summed E-state index contributed by atoms with van der Waals surface area (Å²) in [6.07, 6.45) is 2.96. The van der Waals surface area contributed by atoms with Crippen LogP contribution in [-0.4, -0.2) is 19.6 Å². The van der Waals surface area contributed by atoms with Crippen molar-refractivity contribution >= 4 is 24.0 Å². The molecule has 1 amide bonds. The van der Waals surface area contributed by atoms with Crippen LogP contribution in [-0.2, 0) is 6.42 Å². The number of amides is 1. The van der Waals surface area contributed by atoms with Gasteiger partial charge in [0.1, 0.15) is 0 Å². The topological polar surface area (TPSA) is 73.6 Å². The summed E-state index contributed by atoms with van der Waals surface area (Å²) in [5, 5.41) is 3.16. The van der Waals surface area contributed by atoms with Gasteiger partial charge in [-0.05, 0) is 66.6 Å². The number of aryl methyl sites for hydroxylation is 1. The third-order valence-electron chi connectivity index (χ3n) is 4.78. The third-order valence-corrected chi connectivity index (χ3v) is 4.78. The van der Waals surface area contributed by atoms with E-state index in [-0.39, 0.29) is 24.4 Å². The SMILES string of the molecule is COc1cc(C(=O)NC2CCCc3cc(N)ccc32)ccc1OCC(C)C.Cl. The van der Waals surface area contributed by atoms with Gasteiger partial charge in [0.15, 0.2) is 11.5 Å². The van der Waals surface area contributed by atoms with Crippen LogP contribution in [0.5, 0.6) is 11.5 Å². The van der Waals surface area contributed by atoms with E-state index in [0.29, 0.717) is 29.6 Å². The molecule has 0 saturated carbocycles. The number of halogens is 1. The van der Waals surface area contributed by atoms with Crippen LogP contribution in [0.15, 0.2) is 36.4 Å². The summed E-state index contributed by atoms with van der Waals surface area (Å²) in [5.41, 5.74) is 9.61. The Balaban J connectivity index is 0.00000280. The second-order valence-corrected chi connectivity index (χ2v) is 7.45. The maximum absolute atomic E-state index is 12.8. The van der Waals surface area contributed by atoms with E-state index in [0.717, 1.165) is 30.5 Å². The maximum Gasteiger partial charge on any atom is 0.251 e. The Morgan fingerprint density at radius 1 is 1.21 bits per heavy atom. The number of nitrogen functional groups attached to an aromatic ring is 1. The Morgan fingerprint density at radius 3 is 2.71 bits per heavy atom. The highest BCUT2D eigenvalue weighted by atomic mass is 35.5. The Kier molecular flexibility index (Phi) is 7.58. The van der Waals surface area contributed by atoms with Crippen LogP contribution in [0.2, 0.25) is 0 Å². The monoisotopic (exact) mass is 404 g/mol. The zero-order valence-electron chi connectivity index (χ0n) is 16.7. The molecule has 0 spiro atoms. The third kappa shape index (κ3) is 5.10. The quantitative estimate of drug-likeness (QED) is 0.693. The van der Waals surface area contributed by atoms with Gasteiger partial charge in [0.05, 0.1) is 19.8 Å².